The molecule has 33 heavy (non-hydrogen) atoms. The summed E-state index contributed by atoms with van der Waals surface area (Å²) >= 11 is 0. The van der Waals surface area contributed by atoms with Crippen LogP contribution in [-0.2, 0) is 28.2 Å². The third-order valence-corrected chi connectivity index (χ3v) is 10.9. The molecule has 1 aliphatic heterocycles. The highest BCUT2D eigenvalue weighted by Gasteiger charge is 2.53. The minimum atomic E-state index is -2.80. The summed E-state index contributed by atoms with van der Waals surface area (Å²) < 4.78 is 24.3. The van der Waals surface area contributed by atoms with Gasteiger partial charge in [-0.15, -0.1) is 0 Å². The molecule has 0 radical (unpaired) electrons. The fourth-order valence-electron chi connectivity index (χ4n) is 4.60. The molecule has 1 fully saturated rings. The lowest BCUT2D eigenvalue weighted by molar-refractivity contribution is -0.170. The predicted octanol–water partition coefficient (Wildman–Crippen LogP) is 3.21. The van der Waals surface area contributed by atoms with Crippen molar-refractivity contribution in [3.63, 3.8) is 0 Å². The van der Waals surface area contributed by atoms with E-state index in [9.17, 15) is 9.59 Å². The van der Waals surface area contributed by atoms with Crippen LogP contribution in [0.2, 0.25) is 5.04 Å². The summed E-state index contributed by atoms with van der Waals surface area (Å²) in [6.45, 7) is 11.6. The van der Waals surface area contributed by atoms with Gasteiger partial charge in [-0.25, -0.2) is 0 Å². The number of hydrogen-bond acceptors (Lipinski definition) is 6. The Morgan fingerprint density at radius 1 is 1.03 bits per heavy atom. The second-order valence-electron chi connectivity index (χ2n) is 9.82. The van der Waals surface area contributed by atoms with Crippen molar-refractivity contribution in [2.45, 2.75) is 70.7 Å². The smallest absolute Gasteiger partial charge is 0.303 e. The largest absolute Gasteiger partial charge is 0.452 e. The van der Waals surface area contributed by atoms with Crippen LogP contribution < -0.4 is 10.4 Å². The van der Waals surface area contributed by atoms with Gasteiger partial charge in [0.15, 0.2) is 18.2 Å². The predicted molar refractivity (Wildman–Crippen MR) is 129 cm³/mol. The first kappa shape index (κ1) is 25.3. The summed E-state index contributed by atoms with van der Waals surface area (Å²) in [4.78, 5) is 23.3. The molecule has 178 valence electrons. The maximum Gasteiger partial charge on any atom is 0.303 e. The molecule has 0 aliphatic carbocycles. The Bertz CT molecular complexity index is 899. The van der Waals surface area contributed by atoms with Crippen molar-refractivity contribution < 1.29 is 28.2 Å². The zero-order valence-electron chi connectivity index (χ0n) is 20.2. The van der Waals surface area contributed by atoms with Gasteiger partial charge in [-0.05, 0) is 29.3 Å². The molecule has 6 nitrogen and oxygen atoms in total. The molecule has 0 saturated carbocycles. The highest BCUT2D eigenvalue weighted by Crippen LogP contribution is 2.38. The first-order chi connectivity index (χ1) is 15.5. The van der Waals surface area contributed by atoms with E-state index in [1.54, 1.807) is 13.8 Å². The van der Waals surface area contributed by atoms with Crippen LogP contribution in [0.25, 0.3) is 0 Å². The normalized spacial score (nSPS) is 21.4. The summed E-state index contributed by atoms with van der Waals surface area (Å²) in [5.74, 6) is -1.49. The molecule has 1 unspecified atom stereocenters. The molecular formula is C26H34O6Si. The average Bonchev–Trinajstić information content (AvgIpc) is 3.07. The molecule has 0 amide bonds. The molecule has 7 heteroatoms. The lowest BCUT2D eigenvalue weighted by atomic mass is 10.1. The summed E-state index contributed by atoms with van der Waals surface area (Å²) in [5, 5.41) is 2.08. The van der Waals surface area contributed by atoms with Gasteiger partial charge in [0.2, 0.25) is 0 Å². The van der Waals surface area contributed by atoms with Crippen LogP contribution in [-0.4, -0.2) is 51.3 Å². The molecule has 2 aromatic rings. The van der Waals surface area contributed by atoms with Gasteiger partial charge in [-0.1, -0.05) is 81.4 Å². The Morgan fingerprint density at radius 3 is 1.97 bits per heavy atom. The number of benzene rings is 2. The van der Waals surface area contributed by atoms with Gasteiger partial charge in [0, 0.05) is 6.92 Å². The Kier molecular flexibility index (Phi) is 7.58. The van der Waals surface area contributed by atoms with Crippen LogP contribution in [0.4, 0.5) is 0 Å². The zero-order valence-corrected chi connectivity index (χ0v) is 21.2. The van der Waals surface area contributed by atoms with Crippen LogP contribution in [0, 0.1) is 0 Å². The third-order valence-electron chi connectivity index (χ3n) is 5.86. The van der Waals surface area contributed by atoms with E-state index >= 15 is 0 Å². The minimum Gasteiger partial charge on any atom is -0.452 e. The Balaban J connectivity index is 2.01. The van der Waals surface area contributed by atoms with Gasteiger partial charge in [0.1, 0.15) is 12.2 Å². The minimum absolute atomic E-state index is 0.187. The second kappa shape index (κ2) is 9.89. The van der Waals surface area contributed by atoms with Crippen molar-refractivity contribution >= 4 is 30.9 Å². The Morgan fingerprint density at radius 2 is 1.55 bits per heavy atom. The number of hydrogen-bond donors (Lipinski definition) is 0. The maximum atomic E-state index is 11.7. The lowest BCUT2D eigenvalue weighted by Crippen LogP contribution is -2.67. The quantitative estimate of drug-likeness (QED) is 0.335. The summed E-state index contributed by atoms with van der Waals surface area (Å²) in [6.07, 6.45) is -1.83. The van der Waals surface area contributed by atoms with Crippen molar-refractivity contribution in [3.05, 3.63) is 60.7 Å². The molecule has 0 bridgehead atoms. The van der Waals surface area contributed by atoms with Crippen LogP contribution in [0.1, 0.15) is 41.5 Å². The van der Waals surface area contributed by atoms with Crippen molar-refractivity contribution in [1.29, 1.82) is 0 Å². The first-order valence-corrected chi connectivity index (χ1v) is 13.1. The topological polar surface area (TPSA) is 71.1 Å². The van der Waals surface area contributed by atoms with Crippen molar-refractivity contribution in [3.8, 4) is 0 Å². The van der Waals surface area contributed by atoms with E-state index < -0.39 is 38.4 Å². The van der Waals surface area contributed by atoms with E-state index in [2.05, 4.69) is 45.0 Å². The molecular weight excluding hydrogens is 436 g/mol. The second-order valence-corrected chi connectivity index (χ2v) is 14.1. The molecule has 3 atom stereocenters. The van der Waals surface area contributed by atoms with Gasteiger partial charge >= 0.3 is 5.97 Å². The van der Waals surface area contributed by atoms with E-state index in [1.807, 2.05) is 36.4 Å². The number of esters is 1. The standard InChI is InChI=1S/C26H34O6Si/c1-19(28)30-22(17-27)24-23(31-26(5,6)32-24)18-29-33(25(2,3)4,20-13-9-7-10-14-20)21-15-11-8-12-16-21/h7-17,22-24H,18H2,1-6H3/t22?,23-,24-/m0/s1. The fraction of sp³-hybridized carbons (Fsp3) is 0.462. The Labute approximate surface area is 197 Å². The highest BCUT2D eigenvalue weighted by molar-refractivity contribution is 6.99. The van der Waals surface area contributed by atoms with Gasteiger partial charge < -0.3 is 18.6 Å². The summed E-state index contributed by atoms with van der Waals surface area (Å²) in [5.41, 5.74) is 0. The Hall–Kier alpha value is -2.32. The molecule has 3 rings (SSSR count). The maximum absolute atomic E-state index is 11.7. The summed E-state index contributed by atoms with van der Waals surface area (Å²) in [6, 6.07) is 20.6. The zero-order chi connectivity index (χ0) is 24.3. The van der Waals surface area contributed by atoms with E-state index in [0.29, 0.717) is 6.29 Å². The molecule has 0 N–H and O–H groups in total. The fourth-order valence-corrected chi connectivity index (χ4v) is 9.17. The number of carbonyl (C=O) groups is 2. The molecule has 1 aliphatic rings. The van der Waals surface area contributed by atoms with Gasteiger partial charge in [-0.2, -0.15) is 0 Å². The number of carbonyl (C=O) groups excluding carboxylic acids is 2. The van der Waals surface area contributed by atoms with Crippen LogP contribution >= 0.6 is 0 Å². The highest BCUT2D eigenvalue weighted by atomic mass is 28.4. The van der Waals surface area contributed by atoms with Crippen LogP contribution in [0.15, 0.2) is 60.7 Å². The van der Waals surface area contributed by atoms with Gasteiger partial charge in [0.05, 0.1) is 6.61 Å². The molecule has 2 aromatic carbocycles. The van der Waals surface area contributed by atoms with E-state index in [1.165, 1.54) is 6.92 Å². The number of rotatable bonds is 8. The van der Waals surface area contributed by atoms with Gasteiger partial charge in [0.25, 0.3) is 8.32 Å². The molecule has 1 saturated heterocycles. The summed E-state index contributed by atoms with van der Waals surface area (Å²) in [7, 11) is -2.80. The van der Waals surface area contributed by atoms with Gasteiger partial charge in [-0.3, -0.25) is 9.59 Å². The van der Waals surface area contributed by atoms with Crippen molar-refractivity contribution in [1.82, 2.24) is 0 Å². The third kappa shape index (κ3) is 5.43. The molecule has 0 aromatic heterocycles. The number of ether oxygens (including phenoxy) is 3. The number of aldehydes is 1. The molecule has 0 spiro atoms. The first-order valence-electron chi connectivity index (χ1n) is 11.2. The van der Waals surface area contributed by atoms with Crippen LogP contribution in [0.5, 0.6) is 0 Å². The van der Waals surface area contributed by atoms with Crippen molar-refractivity contribution in [2.75, 3.05) is 6.61 Å². The lowest BCUT2D eigenvalue weighted by Gasteiger charge is -2.43. The van der Waals surface area contributed by atoms with E-state index in [-0.39, 0.29) is 11.6 Å². The SMILES string of the molecule is CC(=O)OC(C=O)[C@@H]1OC(C)(C)O[C@H]1CO[Si](c1ccccc1)(c1ccccc1)C(C)(C)C. The van der Waals surface area contributed by atoms with E-state index in [4.69, 9.17) is 18.6 Å². The van der Waals surface area contributed by atoms with E-state index in [0.717, 1.165) is 10.4 Å². The monoisotopic (exact) mass is 470 g/mol. The van der Waals surface area contributed by atoms with Crippen molar-refractivity contribution in [2.24, 2.45) is 0 Å². The van der Waals surface area contributed by atoms with Crippen LogP contribution in [0.3, 0.4) is 0 Å². The molecule has 1 heterocycles. The average molecular weight is 471 g/mol.